The van der Waals surface area contributed by atoms with Gasteiger partial charge >= 0.3 is 0 Å². The zero-order chi connectivity index (χ0) is 15.0. The lowest BCUT2D eigenvalue weighted by molar-refractivity contribution is 0.612. The van der Waals surface area contributed by atoms with E-state index in [1.165, 1.54) is 6.07 Å². The number of benzene rings is 3. The van der Waals surface area contributed by atoms with Crippen molar-refractivity contribution in [2.24, 2.45) is 0 Å². The highest BCUT2D eigenvalue weighted by Gasteiger charge is 2.20. The maximum absolute atomic E-state index is 14.1. The number of rotatable bonds is 2. The van der Waals surface area contributed by atoms with Gasteiger partial charge in [-0.15, -0.1) is 11.6 Å². The zero-order valence-corrected chi connectivity index (χ0v) is 13.9. The Bertz CT molecular complexity index is 797. The van der Waals surface area contributed by atoms with Crippen LogP contribution in [0.1, 0.15) is 16.5 Å². The van der Waals surface area contributed by atoms with Gasteiger partial charge in [-0.3, -0.25) is 0 Å². The molecule has 0 heterocycles. The molecule has 1 atom stereocenters. The van der Waals surface area contributed by atoms with Crippen molar-refractivity contribution in [2.75, 3.05) is 0 Å². The number of alkyl halides is 1. The van der Waals surface area contributed by atoms with Crippen molar-refractivity contribution in [3.8, 4) is 0 Å². The Morgan fingerprint density at radius 1 is 0.905 bits per heavy atom. The second-order valence-electron chi connectivity index (χ2n) is 4.68. The van der Waals surface area contributed by atoms with E-state index in [0.29, 0.717) is 10.6 Å². The third-order valence-corrected chi connectivity index (χ3v) is 4.91. The van der Waals surface area contributed by atoms with Crippen LogP contribution in [0, 0.1) is 5.82 Å². The average Bonchev–Trinajstić information content (AvgIpc) is 2.47. The maximum atomic E-state index is 14.1. The van der Waals surface area contributed by atoms with Crippen LogP contribution in [-0.2, 0) is 0 Å². The molecule has 0 aromatic heterocycles. The molecule has 1 unspecified atom stereocenters. The topological polar surface area (TPSA) is 0 Å². The van der Waals surface area contributed by atoms with E-state index in [-0.39, 0.29) is 0 Å². The quantitative estimate of drug-likeness (QED) is 0.430. The standard InChI is InChI=1S/C17H10BrCl2F/c18-13-9-8-12(10-4-1-2-5-11(10)13)17(20)16-14(19)6-3-7-15(16)21/h1-9,17H. The second kappa shape index (κ2) is 5.96. The molecule has 0 fully saturated rings. The Labute approximate surface area is 140 Å². The highest BCUT2D eigenvalue weighted by Crippen LogP contribution is 2.39. The predicted octanol–water partition coefficient (Wildman–Crippen LogP) is 6.72. The molecule has 0 amide bonds. The molecular weight excluding hydrogens is 374 g/mol. The van der Waals surface area contributed by atoms with E-state index in [1.54, 1.807) is 12.1 Å². The van der Waals surface area contributed by atoms with E-state index in [0.717, 1.165) is 20.8 Å². The minimum absolute atomic E-state index is 0.313. The van der Waals surface area contributed by atoms with Gasteiger partial charge in [-0.25, -0.2) is 4.39 Å². The molecular formula is C17H10BrCl2F. The highest BCUT2D eigenvalue weighted by molar-refractivity contribution is 9.10. The smallest absolute Gasteiger partial charge is 0.129 e. The first kappa shape index (κ1) is 14.8. The predicted molar refractivity (Wildman–Crippen MR) is 90.8 cm³/mol. The molecule has 21 heavy (non-hydrogen) atoms. The van der Waals surface area contributed by atoms with Gasteiger partial charge in [-0.05, 0) is 34.5 Å². The van der Waals surface area contributed by atoms with Crippen LogP contribution in [0.25, 0.3) is 10.8 Å². The third-order valence-electron chi connectivity index (χ3n) is 3.43. The molecule has 0 aliphatic rings. The lowest BCUT2D eigenvalue weighted by atomic mass is 9.97. The summed E-state index contributed by atoms with van der Waals surface area (Å²) in [7, 11) is 0. The molecule has 0 saturated carbocycles. The fourth-order valence-electron chi connectivity index (χ4n) is 2.41. The fourth-order valence-corrected chi connectivity index (χ4v) is 3.63. The van der Waals surface area contributed by atoms with Gasteiger partial charge in [0.15, 0.2) is 0 Å². The zero-order valence-electron chi connectivity index (χ0n) is 10.8. The van der Waals surface area contributed by atoms with Crippen LogP contribution in [0.15, 0.2) is 59.1 Å². The van der Waals surface area contributed by atoms with E-state index >= 15 is 0 Å². The van der Waals surface area contributed by atoms with Crippen molar-refractivity contribution in [3.63, 3.8) is 0 Å². The Morgan fingerprint density at radius 2 is 1.62 bits per heavy atom. The molecule has 0 N–H and O–H groups in total. The summed E-state index contributed by atoms with van der Waals surface area (Å²) in [5, 5.41) is 1.71. The first-order valence-electron chi connectivity index (χ1n) is 6.34. The van der Waals surface area contributed by atoms with Gasteiger partial charge in [0.25, 0.3) is 0 Å². The summed E-state index contributed by atoms with van der Waals surface area (Å²) in [4.78, 5) is 0. The first-order chi connectivity index (χ1) is 10.1. The van der Waals surface area contributed by atoms with Crippen LogP contribution in [0.3, 0.4) is 0 Å². The molecule has 0 aliphatic carbocycles. The van der Waals surface area contributed by atoms with Gasteiger partial charge in [-0.2, -0.15) is 0 Å². The van der Waals surface area contributed by atoms with Gasteiger partial charge < -0.3 is 0 Å². The van der Waals surface area contributed by atoms with Crippen LogP contribution in [0.2, 0.25) is 5.02 Å². The molecule has 3 aromatic rings. The Morgan fingerprint density at radius 3 is 2.33 bits per heavy atom. The molecule has 0 nitrogen and oxygen atoms in total. The van der Waals surface area contributed by atoms with Gasteiger partial charge in [0.2, 0.25) is 0 Å². The van der Waals surface area contributed by atoms with E-state index < -0.39 is 11.2 Å². The molecule has 0 aliphatic heterocycles. The van der Waals surface area contributed by atoms with Crippen molar-refractivity contribution < 1.29 is 4.39 Å². The minimum Gasteiger partial charge on any atom is -0.207 e. The molecule has 4 heteroatoms. The van der Waals surface area contributed by atoms with Crippen molar-refractivity contribution >= 4 is 49.9 Å². The second-order valence-corrected chi connectivity index (χ2v) is 6.38. The lowest BCUT2D eigenvalue weighted by Gasteiger charge is -2.16. The number of hydrogen-bond acceptors (Lipinski definition) is 0. The molecule has 0 radical (unpaired) electrons. The fraction of sp³-hybridized carbons (Fsp3) is 0.0588. The summed E-state index contributed by atoms with van der Waals surface area (Å²) in [6.45, 7) is 0. The number of hydrogen-bond donors (Lipinski definition) is 0. The van der Waals surface area contributed by atoms with E-state index in [1.807, 2.05) is 36.4 Å². The summed E-state index contributed by atoms with van der Waals surface area (Å²) < 4.78 is 15.1. The summed E-state index contributed by atoms with van der Waals surface area (Å²) in [5.41, 5.74) is 1.15. The Hall–Kier alpha value is -1.09. The SMILES string of the molecule is Fc1cccc(Cl)c1C(Cl)c1ccc(Br)c2ccccc12. The monoisotopic (exact) mass is 382 g/mol. The normalized spacial score (nSPS) is 12.6. The van der Waals surface area contributed by atoms with Crippen LogP contribution in [0.4, 0.5) is 4.39 Å². The Balaban J connectivity index is 2.23. The van der Waals surface area contributed by atoms with Crippen LogP contribution in [0.5, 0.6) is 0 Å². The first-order valence-corrected chi connectivity index (χ1v) is 7.95. The van der Waals surface area contributed by atoms with Crippen LogP contribution in [-0.4, -0.2) is 0 Å². The van der Waals surface area contributed by atoms with E-state index in [4.69, 9.17) is 23.2 Å². The lowest BCUT2D eigenvalue weighted by Crippen LogP contribution is -1.99. The highest BCUT2D eigenvalue weighted by atomic mass is 79.9. The van der Waals surface area contributed by atoms with Crippen molar-refractivity contribution in [3.05, 3.63) is 81.0 Å². The summed E-state index contributed by atoms with van der Waals surface area (Å²) in [6, 6.07) is 16.3. The molecule has 0 saturated heterocycles. The van der Waals surface area contributed by atoms with Gasteiger partial charge in [0.05, 0.1) is 5.38 Å². The van der Waals surface area contributed by atoms with Gasteiger partial charge in [-0.1, -0.05) is 63.9 Å². The third kappa shape index (κ3) is 2.68. The minimum atomic E-state index is -0.642. The van der Waals surface area contributed by atoms with E-state index in [9.17, 15) is 4.39 Å². The van der Waals surface area contributed by atoms with Crippen molar-refractivity contribution in [1.29, 1.82) is 0 Å². The van der Waals surface area contributed by atoms with Crippen molar-refractivity contribution in [1.82, 2.24) is 0 Å². The van der Waals surface area contributed by atoms with Gasteiger partial charge in [0.1, 0.15) is 5.82 Å². The summed E-state index contributed by atoms with van der Waals surface area (Å²) in [6.07, 6.45) is 0. The summed E-state index contributed by atoms with van der Waals surface area (Å²) >= 11 is 16.2. The molecule has 0 spiro atoms. The average molecular weight is 384 g/mol. The maximum Gasteiger partial charge on any atom is 0.129 e. The van der Waals surface area contributed by atoms with Crippen LogP contribution >= 0.6 is 39.1 Å². The largest absolute Gasteiger partial charge is 0.207 e. The molecule has 3 rings (SSSR count). The summed E-state index contributed by atoms with van der Waals surface area (Å²) in [5.74, 6) is -0.394. The van der Waals surface area contributed by atoms with Gasteiger partial charge in [0, 0.05) is 15.1 Å². The van der Waals surface area contributed by atoms with Crippen molar-refractivity contribution in [2.45, 2.75) is 5.38 Å². The molecule has 0 bridgehead atoms. The molecule has 106 valence electrons. The Kier molecular flexibility index (Phi) is 4.21. The number of fused-ring (bicyclic) bond motifs is 1. The molecule has 3 aromatic carbocycles. The van der Waals surface area contributed by atoms with Crippen LogP contribution < -0.4 is 0 Å². The van der Waals surface area contributed by atoms with E-state index in [2.05, 4.69) is 15.9 Å². The number of halogens is 4.